The van der Waals surface area contributed by atoms with E-state index < -0.39 is 10.0 Å². The molecular weight excluding hydrogens is 292 g/mol. The van der Waals surface area contributed by atoms with Gasteiger partial charge in [0.05, 0.1) is 0 Å². The maximum Gasteiger partial charge on any atom is 0.242 e. The topological polar surface area (TPSA) is 72.2 Å². The number of sulfonamides is 1. The first-order valence-corrected chi connectivity index (χ1v) is 9.68. The molecule has 0 aromatic carbocycles. The van der Waals surface area contributed by atoms with Crippen molar-refractivity contribution in [3.63, 3.8) is 0 Å². The lowest BCUT2D eigenvalue weighted by Crippen LogP contribution is -2.31. The zero-order valence-electron chi connectivity index (χ0n) is 11.5. The third-order valence-electron chi connectivity index (χ3n) is 5.47. The first kappa shape index (κ1) is 13.2. The van der Waals surface area contributed by atoms with Crippen LogP contribution in [-0.2, 0) is 16.6 Å². The van der Waals surface area contributed by atoms with Gasteiger partial charge in [-0.25, -0.2) is 13.1 Å². The van der Waals surface area contributed by atoms with Crippen molar-refractivity contribution in [3.05, 3.63) is 15.8 Å². The highest BCUT2D eigenvalue weighted by Crippen LogP contribution is 2.65. The van der Waals surface area contributed by atoms with E-state index in [1.165, 1.54) is 30.6 Å². The van der Waals surface area contributed by atoms with Gasteiger partial charge >= 0.3 is 0 Å². The van der Waals surface area contributed by atoms with Gasteiger partial charge in [0.2, 0.25) is 10.0 Å². The highest BCUT2D eigenvalue weighted by molar-refractivity contribution is 7.89. The van der Waals surface area contributed by atoms with Crippen LogP contribution in [0.2, 0.25) is 0 Å². The largest absolute Gasteiger partial charge is 0.326 e. The monoisotopic (exact) mass is 312 g/mol. The van der Waals surface area contributed by atoms with Crippen molar-refractivity contribution >= 4 is 21.4 Å². The summed E-state index contributed by atoms with van der Waals surface area (Å²) in [6, 6.07) is 0.191. The second-order valence-corrected chi connectivity index (χ2v) is 9.13. The fourth-order valence-electron chi connectivity index (χ4n) is 4.71. The molecule has 0 aliphatic heterocycles. The van der Waals surface area contributed by atoms with Crippen molar-refractivity contribution in [1.29, 1.82) is 0 Å². The third kappa shape index (κ3) is 1.75. The summed E-state index contributed by atoms with van der Waals surface area (Å²) in [5.74, 6) is 2.78. The molecule has 110 valence electrons. The lowest BCUT2D eigenvalue weighted by Gasteiger charge is -2.12. The summed E-state index contributed by atoms with van der Waals surface area (Å²) in [6.45, 7) is 2.14. The van der Waals surface area contributed by atoms with Crippen LogP contribution in [0.5, 0.6) is 0 Å². The van der Waals surface area contributed by atoms with Gasteiger partial charge in [-0.05, 0) is 60.8 Å². The highest BCUT2D eigenvalue weighted by atomic mass is 32.2. The standard InChI is InChI=1S/C14H20N2O2S2/c1-7-6-19-10(5-15)14(7)20(17,18)16-13-11-8-2-3-9(4-8)12(11)13/h6,8-9,11-13,16H,2-5,15H2,1H3. The molecule has 3 fully saturated rings. The molecule has 4 nitrogen and oxygen atoms in total. The minimum atomic E-state index is -3.41. The van der Waals surface area contributed by atoms with Crippen molar-refractivity contribution in [2.45, 2.75) is 43.7 Å². The summed E-state index contributed by atoms with van der Waals surface area (Å²) in [4.78, 5) is 1.20. The second-order valence-electron chi connectivity index (χ2n) is 6.51. The number of nitrogens with one attached hydrogen (secondary N) is 1. The minimum absolute atomic E-state index is 0.191. The molecule has 3 aliphatic rings. The fraction of sp³-hybridized carbons (Fsp3) is 0.714. The number of nitrogens with two attached hydrogens (primary N) is 1. The van der Waals surface area contributed by atoms with Gasteiger partial charge in [0.25, 0.3) is 0 Å². The Morgan fingerprint density at radius 3 is 2.60 bits per heavy atom. The molecule has 6 heteroatoms. The van der Waals surface area contributed by atoms with Crippen molar-refractivity contribution < 1.29 is 8.42 Å². The average Bonchev–Trinajstić information content (AvgIpc) is 2.81. The molecule has 4 atom stereocenters. The van der Waals surface area contributed by atoms with Crippen molar-refractivity contribution in [2.75, 3.05) is 0 Å². The van der Waals surface area contributed by atoms with Crippen LogP contribution >= 0.6 is 11.3 Å². The van der Waals surface area contributed by atoms with E-state index in [-0.39, 0.29) is 12.6 Å². The van der Waals surface area contributed by atoms with Gasteiger partial charge in [-0.15, -0.1) is 11.3 Å². The second kappa shape index (κ2) is 4.29. The Morgan fingerprint density at radius 2 is 2.00 bits per heavy atom. The Labute approximate surface area is 123 Å². The first-order valence-electron chi connectivity index (χ1n) is 7.32. The van der Waals surface area contributed by atoms with Gasteiger partial charge in [0.15, 0.2) is 0 Å². The van der Waals surface area contributed by atoms with E-state index in [1.807, 2.05) is 12.3 Å². The van der Waals surface area contributed by atoms with Crippen LogP contribution < -0.4 is 10.5 Å². The number of hydrogen-bond donors (Lipinski definition) is 2. The van der Waals surface area contributed by atoms with Crippen molar-refractivity contribution in [3.8, 4) is 0 Å². The van der Waals surface area contributed by atoms with Crippen LogP contribution in [0.4, 0.5) is 0 Å². The zero-order chi connectivity index (χ0) is 14.1. The summed E-state index contributed by atoms with van der Waals surface area (Å²) >= 11 is 1.44. The molecule has 3 aliphatic carbocycles. The smallest absolute Gasteiger partial charge is 0.242 e. The quantitative estimate of drug-likeness (QED) is 0.891. The Balaban J connectivity index is 1.58. The summed E-state index contributed by atoms with van der Waals surface area (Å²) in [5, 5.41) is 1.88. The molecule has 3 saturated carbocycles. The molecule has 0 spiro atoms. The van der Waals surface area contributed by atoms with Crippen molar-refractivity contribution in [2.24, 2.45) is 29.4 Å². The van der Waals surface area contributed by atoms with E-state index in [0.717, 1.165) is 22.3 Å². The molecule has 0 saturated heterocycles. The third-order valence-corrected chi connectivity index (χ3v) is 8.41. The molecular formula is C14H20N2O2S2. The maximum absolute atomic E-state index is 12.6. The summed E-state index contributed by atoms with van der Waals surface area (Å²) in [7, 11) is -3.41. The zero-order valence-corrected chi connectivity index (χ0v) is 13.1. The number of rotatable bonds is 4. The van der Waals surface area contributed by atoms with Gasteiger partial charge in [-0.1, -0.05) is 0 Å². The first-order chi connectivity index (χ1) is 9.53. The summed E-state index contributed by atoms with van der Waals surface area (Å²) in [6.07, 6.45) is 3.93. The van der Waals surface area contributed by atoms with Crippen LogP contribution in [-0.4, -0.2) is 14.5 Å². The Morgan fingerprint density at radius 1 is 1.35 bits per heavy atom. The van der Waals surface area contributed by atoms with E-state index in [9.17, 15) is 8.42 Å². The number of aryl methyl sites for hydroxylation is 1. The van der Waals surface area contributed by atoms with Gasteiger partial charge in [0, 0.05) is 17.5 Å². The van der Waals surface area contributed by atoms with Gasteiger partial charge in [-0.2, -0.15) is 0 Å². The normalized spacial score (nSPS) is 38.2. The molecule has 2 bridgehead atoms. The van der Waals surface area contributed by atoms with E-state index in [2.05, 4.69) is 4.72 Å². The van der Waals surface area contributed by atoms with Crippen LogP contribution in [0.1, 0.15) is 29.7 Å². The SMILES string of the molecule is Cc1csc(CN)c1S(=O)(=O)NC1C2C3CCC(C3)C12. The molecule has 4 rings (SSSR count). The van der Waals surface area contributed by atoms with E-state index in [4.69, 9.17) is 5.73 Å². The highest BCUT2D eigenvalue weighted by Gasteiger charge is 2.65. The molecule has 1 heterocycles. The maximum atomic E-state index is 12.6. The van der Waals surface area contributed by atoms with Crippen LogP contribution in [0.15, 0.2) is 10.3 Å². The van der Waals surface area contributed by atoms with Crippen LogP contribution in [0.25, 0.3) is 0 Å². The number of fused-ring (bicyclic) bond motifs is 5. The number of thiophene rings is 1. The molecule has 0 radical (unpaired) electrons. The predicted molar refractivity (Wildman–Crippen MR) is 78.9 cm³/mol. The molecule has 1 aromatic heterocycles. The lowest BCUT2D eigenvalue weighted by atomic mass is 10.0. The van der Waals surface area contributed by atoms with E-state index in [1.54, 1.807) is 0 Å². The Hall–Kier alpha value is -0.430. The summed E-state index contributed by atoms with van der Waals surface area (Å²) < 4.78 is 28.3. The molecule has 4 unspecified atom stereocenters. The average molecular weight is 312 g/mol. The Kier molecular flexibility index (Phi) is 2.84. The van der Waals surface area contributed by atoms with Crippen molar-refractivity contribution in [1.82, 2.24) is 4.72 Å². The van der Waals surface area contributed by atoms with E-state index in [0.29, 0.717) is 16.7 Å². The fourth-order valence-corrected chi connectivity index (χ4v) is 7.72. The number of hydrogen-bond acceptors (Lipinski definition) is 4. The predicted octanol–water partition coefficient (Wildman–Crippen LogP) is 1.84. The lowest BCUT2D eigenvalue weighted by molar-refractivity contribution is 0.456. The van der Waals surface area contributed by atoms with E-state index >= 15 is 0 Å². The van der Waals surface area contributed by atoms with Gasteiger partial charge in [-0.3, -0.25) is 0 Å². The molecule has 3 N–H and O–H groups in total. The van der Waals surface area contributed by atoms with Crippen LogP contribution in [0.3, 0.4) is 0 Å². The summed E-state index contributed by atoms with van der Waals surface area (Å²) in [5.41, 5.74) is 6.49. The van der Waals surface area contributed by atoms with Gasteiger partial charge in [0.1, 0.15) is 4.90 Å². The molecule has 20 heavy (non-hydrogen) atoms. The van der Waals surface area contributed by atoms with Gasteiger partial charge < -0.3 is 5.73 Å². The minimum Gasteiger partial charge on any atom is -0.326 e. The molecule has 0 amide bonds. The van der Waals surface area contributed by atoms with Crippen LogP contribution in [0, 0.1) is 30.6 Å². The molecule has 1 aromatic rings. The Bertz CT molecular complexity index is 636.